The highest BCUT2D eigenvalue weighted by molar-refractivity contribution is 7.85. The van der Waals surface area contributed by atoms with Gasteiger partial charge in [0.2, 0.25) is 0 Å². The summed E-state index contributed by atoms with van der Waals surface area (Å²) in [6.07, 6.45) is 1.21. The zero-order valence-corrected chi connectivity index (χ0v) is 11.2. The van der Waals surface area contributed by atoms with Crippen molar-refractivity contribution in [3.8, 4) is 0 Å². The van der Waals surface area contributed by atoms with Crippen LogP contribution in [-0.4, -0.2) is 67.8 Å². The van der Waals surface area contributed by atoms with Gasteiger partial charge in [0.25, 0.3) is 0 Å². The second kappa shape index (κ2) is 4.87. The van der Waals surface area contributed by atoms with Crippen molar-refractivity contribution >= 4 is 22.8 Å². The van der Waals surface area contributed by atoms with Gasteiger partial charge in [-0.25, -0.2) is 9.59 Å². The van der Waals surface area contributed by atoms with Crippen molar-refractivity contribution in [2.45, 2.75) is 25.3 Å². The topological polar surface area (TPSA) is 77.9 Å². The molecule has 0 aliphatic carbocycles. The molecule has 0 bridgehead atoms. The molecule has 0 radical (unpaired) electrons. The molecule has 0 spiro atoms. The van der Waals surface area contributed by atoms with Crippen LogP contribution in [0.15, 0.2) is 0 Å². The molecule has 1 unspecified atom stereocenters. The van der Waals surface area contributed by atoms with Crippen molar-refractivity contribution in [2.24, 2.45) is 0 Å². The van der Waals surface area contributed by atoms with E-state index in [0.29, 0.717) is 44.0 Å². The number of hydrogen-bond donors (Lipinski definition) is 1. The van der Waals surface area contributed by atoms with Crippen LogP contribution in [0.1, 0.15) is 19.8 Å². The summed E-state index contributed by atoms with van der Waals surface area (Å²) in [6.45, 7) is 3.00. The Bertz CT molecular complexity index is 391. The van der Waals surface area contributed by atoms with E-state index in [1.54, 1.807) is 11.8 Å². The monoisotopic (exact) mass is 274 g/mol. The lowest BCUT2D eigenvalue weighted by molar-refractivity contribution is -0.147. The lowest BCUT2D eigenvalue weighted by atomic mass is 10.00. The third-order valence-electron chi connectivity index (χ3n) is 3.78. The number of aliphatic carboxylic acids is 1. The molecule has 1 atom stereocenters. The fourth-order valence-corrected chi connectivity index (χ4v) is 3.54. The van der Waals surface area contributed by atoms with Crippen molar-refractivity contribution in [1.29, 1.82) is 0 Å². The van der Waals surface area contributed by atoms with E-state index in [2.05, 4.69) is 0 Å². The van der Waals surface area contributed by atoms with Gasteiger partial charge in [-0.2, -0.15) is 0 Å². The first-order valence-corrected chi connectivity index (χ1v) is 7.59. The molecular weight excluding hydrogens is 256 g/mol. The molecule has 0 aromatic carbocycles. The normalized spacial score (nSPS) is 29.6. The fourth-order valence-electron chi connectivity index (χ4n) is 2.49. The number of carbonyl (C=O) groups excluding carboxylic acids is 1. The summed E-state index contributed by atoms with van der Waals surface area (Å²) >= 11 is 0. The third-order valence-corrected chi connectivity index (χ3v) is 5.06. The molecule has 2 heterocycles. The van der Waals surface area contributed by atoms with Crippen molar-refractivity contribution in [1.82, 2.24) is 9.80 Å². The lowest BCUT2D eigenvalue weighted by Gasteiger charge is -2.37. The maximum Gasteiger partial charge on any atom is 0.329 e. The molecule has 7 heteroatoms. The Morgan fingerprint density at radius 1 is 1.22 bits per heavy atom. The Labute approximate surface area is 108 Å². The second-order valence-electron chi connectivity index (χ2n) is 4.95. The number of likely N-dealkylation sites (tertiary alicyclic amines) is 1. The average molecular weight is 274 g/mol. The summed E-state index contributed by atoms with van der Waals surface area (Å²) in [5, 5.41) is 9.27. The minimum absolute atomic E-state index is 0.228. The van der Waals surface area contributed by atoms with Crippen molar-refractivity contribution in [2.75, 3.05) is 31.1 Å². The molecule has 18 heavy (non-hydrogen) atoms. The largest absolute Gasteiger partial charge is 0.480 e. The average Bonchev–Trinajstić information content (AvgIpc) is 2.73. The standard InChI is InChI=1S/C11H18N2O4S/c1-11(9(14)15)3-2-4-13(11)10(16)12-5-7-18(17)8-6-12/h2-8H2,1H3,(H,14,15). The Morgan fingerprint density at radius 3 is 2.39 bits per heavy atom. The van der Waals surface area contributed by atoms with E-state index in [-0.39, 0.29) is 6.03 Å². The number of rotatable bonds is 1. The van der Waals surface area contributed by atoms with Gasteiger partial charge in [0.15, 0.2) is 0 Å². The van der Waals surface area contributed by atoms with Crippen LogP contribution in [0.3, 0.4) is 0 Å². The van der Waals surface area contributed by atoms with Crippen LogP contribution in [0.25, 0.3) is 0 Å². The molecule has 2 rings (SSSR count). The summed E-state index contributed by atoms with van der Waals surface area (Å²) in [5.74, 6) is 0.0288. The van der Waals surface area contributed by atoms with E-state index >= 15 is 0 Å². The Hall–Kier alpha value is -1.11. The predicted molar refractivity (Wildman–Crippen MR) is 66.8 cm³/mol. The van der Waals surface area contributed by atoms with E-state index in [1.165, 1.54) is 4.90 Å². The lowest BCUT2D eigenvalue weighted by Crippen LogP contribution is -2.57. The maximum absolute atomic E-state index is 12.3. The van der Waals surface area contributed by atoms with Crippen LogP contribution in [0.5, 0.6) is 0 Å². The number of nitrogens with zero attached hydrogens (tertiary/aromatic N) is 2. The summed E-state index contributed by atoms with van der Waals surface area (Å²) in [5.41, 5.74) is -1.09. The molecule has 1 N–H and O–H groups in total. The van der Waals surface area contributed by atoms with Gasteiger partial charge in [0, 0.05) is 41.9 Å². The zero-order valence-electron chi connectivity index (χ0n) is 10.4. The van der Waals surface area contributed by atoms with Gasteiger partial charge in [-0.15, -0.1) is 0 Å². The van der Waals surface area contributed by atoms with Gasteiger partial charge >= 0.3 is 12.0 Å². The highest BCUT2D eigenvalue weighted by atomic mass is 32.2. The van der Waals surface area contributed by atoms with Gasteiger partial charge in [0.1, 0.15) is 5.54 Å². The first kappa shape index (κ1) is 13.3. The van der Waals surface area contributed by atoms with Crippen LogP contribution >= 0.6 is 0 Å². The molecule has 0 saturated carbocycles. The Kier molecular flexibility index (Phi) is 3.61. The quantitative estimate of drug-likeness (QED) is 0.736. The summed E-state index contributed by atoms with van der Waals surface area (Å²) in [4.78, 5) is 26.7. The molecule has 102 valence electrons. The van der Waals surface area contributed by atoms with Gasteiger partial charge in [-0.05, 0) is 19.8 Å². The van der Waals surface area contributed by atoms with Gasteiger partial charge in [-0.1, -0.05) is 0 Å². The maximum atomic E-state index is 12.3. The summed E-state index contributed by atoms with van der Waals surface area (Å²) in [6, 6.07) is -0.228. The number of carboxylic acid groups (broad SMARTS) is 1. The molecule has 2 fully saturated rings. The van der Waals surface area contributed by atoms with E-state index in [4.69, 9.17) is 0 Å². The molecular formula is C11H18N2O4S. The van der Waals surface area contributed by atoms with Crippen LogP contribution < -0.4 is 0 Å². The van der Waals surface area contributed by atoms with Gasteiger partial charge < -0.3 is 14.9 Å². The van der Waals surface area contributed by atoms with Crippen LogP contribution in [0, 0.1) is 0 Å². The fraction of sp³-hybridized carbons (Fsp3) is 0.818. The Balaban J connectivity index is 2.09. The van der Waals surface area contributed by atoms with E-state index in [1.807, 2.05) is 0 Å². The Morgan fingerprint density at radius 2 is 1.83 bits per heavy atom. The van der Waals surface area contributed by atoms with Crippen molar-refractivity contribution in [3.05, 3.63) is 0 Å². The minimum atomic E-state index is -1.09. The highest BCUT2D eigenvalue weighted by Gasteiger charge is 2.47. The first-order chi connectivity index (χ1) is 8.45. The predicted octanol–water partition coefficient (Wildman–Crippen LogP) is 0.110. The van der Waals surface area contributed by atoms with Gasteiger partial charge in [-0.3, -0.25) is 4.21 Å². The number of urea groups is 1. The first-order valence-electron chi connectivity index (χ1n) is 6.10. The summed E-state index contributed by atoms with van der Waals surface area (Å²) < 4.78 is 11.3. The number of carboxylic acids is 1. The molecule has 2 aliphatic heterocycles. The number of amides is 2. The molecule has 2 amide bonds. The van der Waals surface area contributed by atoms with Crippen LogP contribution in [0.4, 0.5) is 4.79 Å². The molecule has 0 aromatic rings. The molecule has 0 aromatic heterocycles. The van der Waals surface area contributed by atoms with Crippen molar-refractivity contribution in [3.63, 3.8) is 0 Å². The highest BCUT2D eigenvalue weighted by Crippen LogP contribution is 2.30. The van der Waals surface area contributed by atoms with E-state index in [9.17, 15) is 18.9 Å². The van der Waals surface area contributed by atoms with Crippen LogP contribution in [0.2, 0.25) is 0 Å². The molecule has 6 nitrogen and oxygen atoms in total. The van der Waals surface area contributed by atoms with E-state index in [0.717, 1.165) is 0 Å². The van der Waals surface area contributed by atoms with E-state index < -0.39 is 22.3 Å². The van der Waals surface area contributed by atoms with Crippen molar-refractivity contribution < 1.29 is 18.9 Å². The zero-order chi connectivity index (χ0) is 13.3. The smallest absolute Gasteiger partial charge is 0.329 e. The van der Waals surface area contributed by atoms with Crippen LogP contribution in [-0.2, 0) is 15.6 Å². The number of hydrogen-bond acceptors (Lipinski definition) is 3. The molecule has 2 aliphatic rings. The number of carbonyl (C=O) groups is 2. The summed E-state index contributed by atoms with van der Waals surface area (Å²) in [7, 11) is -0.836. The SMILES string of the molecule is CC1(C(=O)O)CCCN1C(=O)N1CCS(=O)CC1. The minimum Gasteiger partial charge on any atom is -0.480 e. The molecule has 2 saturated heterocycles. The third kappa shape index (κ3) is 2.23. The second-order valence-corrected chi connectivity index (χ2v) is 6.65. The van der Waals surface area contributed by atoms with Gasteiger partial charge in [0.05, 0.1) is 0 Å².